The van der Waals surface area contributed by atoms with Gasteiger partial charge in [-0.3, -0.25) is 14.5 Å². The number of hydrogen-bond acceptors (Lipinski definition) is 5. The van der Waals surface area contributed by atoms with Gasteiger partial charge in [0.1, 0.15) is 11.5 Å². The average Bonchev–Trinajstić information content (AvgIpc) is 3.46. The maximum absolute atomic E-state index is 12.5. The maximum Gasteiger partial charge on any atom is 0.220 e. The van der Waals surface area contributed by atoms with E-state index in [-0.39, 0.29) is 23.4 Å². The van der Waals surface area contributed by atoms with E-state index in [0.717, 1.165) is 49.2 Å². The Hall–Kier alpha value is -3.16. The maximum atomic E-state index is 12.5. The number of thiophene rings is 1. The van der Waals surface area contributed by atoms with Crippen molar-refractivity contribution >= 4 is 23.2 Å². The largest absolute Gasteiger partial charge is 0.457 e. The molecule has 0 bridgehead atoms. The molecule has 6 nitrogen and oxygen atoms in total. The first-order valence-corrected chi connectivity index (χ1v) is 14.4. The van der Waals surface area contributed by atoms with E-state index < -0.39 is 0 Å². The minimum absolute atomic E-state index is 0.00814. The molecular weight excluding hydrogens is 494 g/mol. The van der Waals surface area contributed by atoms with Gasteiger partial charge in [-0.2, -0.15) is 0 Å². The van der Waals surface area contributed by atoms with Gasteiger partial charge in [0.15, 0.2) is 0 Å². The van der Waals surface area contributed by atoms with Crippen molar-refractivity contribution in [3.63, 3.8) is 0 Å². The van der Waals surface area contributed by atoms with Crippen LogP contribution < -0.4 is 15.4 Å². The van der Waals surface area contributed by atoms with Crippen LogP contribution in [-0.4, -0.2) is 43.4 Å². The SMILES string of the molecule is CN(C)C1(c2cccs2)CCC(NC(=O)CCCC(=O)NCCc2ccc(Oc3ccccc3)cc2)CC1. The molecule has 3 aromatic rings. The van der Waals surface area contributed by atoms with Crippen molar-refractivity contribution in [2.45, 2.75) is 62.9 Å². The first kappa shape index (κ1) is 27.9. The Balaban J connectivity index is 1.09. The van der Waals surface area contributed by atoms with Crippen molar-refractivity contribution in [1.82, 2.24) is 15.5 Å². The lowest BCUT2D eigenvalue weighted by Crippen LogP contribution is -2.48. The van der Waals surface area contributed by atoms with Crippen LogP contribution >= 0.6 is 11.3 Å². The van der Waals surface area contributed by atoms with Gasteiger partial charge in [-0.25, -0.2) is 0 Å². The van der Waals surface area contributed by atoms with Crippen molar-refractivity contribution in [2.24, 2.45) is 0 Å². The number of carbonyl (C=O) groups is 2. The molecule has 1 aliphatic carbocycles. The Morgan fingerprint density at radius 1 is 0.921 bits per heavy atom. The quantitative estimate of drug-likeness (QED) is 0.305. The van der Waals surface area contributed by atoms with E-state index in [9.17, 15) is 9.59 Å². The molecule has 4 rings (SSSR count). The molecule has 2 amide bonds. The zero-order valence-electron chi connectivity index (χ0n) is 22.4. The van der Waals surface area contributed by atoms with Gasteiger partial charge in [0.25, 0.3) is 0 Å². The third-order valence-corrected chi connectivity index (χ3v) is 8.52. The number of nitrogens with zero attached hydrogens (tertiary/aromatic N) is 1. The summed E-state index contributed by atoms with van der Waals surface area (Å²) in [5.41, 5.74) is 1.21. The van der Waals surface area contributed by atoms with Crippen LogP contribution in [0, 0.1) is 0 Å². The first-order chi connectivity index (χ1) is 18.4. The van der Waals surface area contributed by atoms with Crippen LogP contribution in [0.1, 0.15) is 55.4 Å². The summed E-state index contributed by atoms with van der Waals surface area (Å²) < 4.78 is 5.82. The van der Waals surface area contributed by atoms with Gasteiger partial charge in [0.2, 0.25) is 11.8 Å². The molecule has 1 aliphatic rings. The smallest absolute Gasteiger partial charge is 0.220 e. The lowest BCUT2D eigenvalue weighted by atomic mass is 9.77. The van der Waals surface area contributed by atoms with E-state index in [0.29, 0.717) is 25.8 Å². The number of carbonyl (C=O) groups excluding carboxylic acids is 2. The Bertz CT molecular complexity index is 1140. The summed E-state index contributed by atoms with van der Waals surface area (Å²) in [4.78, 5) is 28.5. The van der Waals surface area contributed by atoms with Crippen LogP contribution in [0.4, 0.5) is 0 Å². The molecule has 1 saturated carbocycles. The molecule has 38 heavy (non-hydrogen) atoms. The highest BCUT2D eigenvalue weighted by atomic mass is 32.1. The second-order valence-electron chi connectivity index (χ2n) is 10.3. The molecule has 202 valence electrons. The summed E-state index contributed by atoms with van der Waals surface area (Å²) in [6.45, 7) is 0.573. The molecule has 0 spiro atoms. The molecule has 2 aromatic carbocycles. The summed E-state index contributed by atoms with van der Waals surface area (Å²) in [7, 11) is 4.31. The van der Waals surface area contributed by atoms with E-state index in [1.54, 1.807) is 0 Å². The van der Waals surface area contributed by atoms with Gasteiger partial charge in [-0.15, -0.1) is 11.3 Å². The Kier molecular flexibility index (Phi) is 9.96. The zero-order valence-corrected chi connectivity index (χ0v) is 23.3. The molecule has 0 radical (unpaired) electrons. The highest BCUT2D eigenvalue weighted by Gasteiger charge is 2.39. The number of para-hydroxylation sites is 1. The second-order valence-corrected chi connectivity index (χ2v) is 11.2. The van der Waals surface area contributed by atoms with Crippen LogP contribution in [0.15, 0.2) is 72.1 Å². The van der Waals surface area contributed by atoms with E-state index in [2.05, 4.69) is 47.1 Å². The summed E-state index contributed by atoms with van der Waals surface area (Å²) >= 11 is 1.82. The van der Waals surface area contributed by atoms with Crippen molar-refractivity contribution in [3.8, 4) is 11.5 Å². The number of rotatable bonds is 12. The van der Waals surface area contributed by atoms with Gasteiger partial charge in [-0.05, 0) is 93.9 Å². The molecule has 0 aliphatic heterocycles. The fraction of sp³-hybridized carbons (Fsp3) is 0.419. The highest BCUT2D eigenvalue weighted by Crippen LogP contribution is 2.43. The average molecular weight is 534 g/mol. The molecule has 1 heterocycles. The lowest BCUT2D eigenvalue weighted by molar-refractivity contribution is -0.123. The second kappa shape index (κ2) is 13.6. The topological polar surface area (TPSA) is 70.7 Å². The summed E-state index contributed by atoms with van der Waals surface area (Å²) in [5, 5.41) is 8.31. The normalized spacial score (nSPS) is 19.2. The third kappa shape index (κ3) is 7.68. The fourth-order valence-corrected chi connectivity index (χ4v) is 6.26. The van der Waals surface area contributed by atoms with E-state index in [1.165, 1.54) is 4.88 Å². The lowest BCUT2D eigenvalue weighted by Gasteiger charge is -2.44. The third-order valence-electron chi connectivity index (χ3n) is 7.46. The Morgan fingerprint density at radius 2 is 1.61 bits per heavy atom. The van der Waals surface area contributed by atoms with E-state index >= 15 is 0 Å². The minimum Gasteiger partial charge on any atom is -0.457 e. The van der Waals surface area contributed by atoms with Gasteiger partial charge >= 0.3 is 0 Å². The van der Waals surface area contributed by atoms with Gasteiger partial charge in [-0.1, -0.05) is 36.4 Å². The van der Waals surface area contributed by atoms with Gasteiger partial charge in [0.05, 0.1) is 5.54 Å². The summed E-state index contributed by atoms with van der Waals surface area (Å²) in [5.74, 6) is 1.63. The molecule has 0 unspecified atom stereocenters. The molecule has 7 heteroatoms. The van der Waals surface area contributed by atoms with E-state index in [1.807, 2.05) is 65.9 Å². The Labute approximate surface area is 230 Å². The number of ether oxygens (including phenoxy) is 1. The summed E-state index contributed by atoms with van der Waals surface area (Å²) in [6, 6.07) is 22.2. The first-order valence-electron chi connectivity index (χ1n) is 13.5. The number of benzene rings is 2. The van der Waals surface area contributed by atoms with Crippen LogP contribution in [0.3, 0.4) is 0 Å². The minimum atomic E-state index is -0.00814. The number of amides is 2. The van der Waals surface area contributed by atoms with Crippen LogP contribution in [0.25, 0.3) is 0 Å². The molecule has 1 aromatic heterocycles. The van der Waals surface area contributed by atoms with Crippen LogP contribution in [0.5, 0.6) is 11.5 Å². The van der Waals surface area contributed by atoms with E-state index in [4.69, 9.17) is 4.74 Å². The predicted octanol–water partition coefficient (Wildman–Crippen LogP) is 5.89. The van der Waals surface area contributed by atoms with Crippen molar-refractivity contribution in [1.29, 1.82) is 0 Å². The van der Waals surface area contributed by atoms with Crippen molar-refractivity contribution < 1.29 is 14.3 Å². The van der Waals surface area contributed by atoms with Crippen molar-refractivity contribution in [3.05, 3.63) is 82.6 Å². The van der Waals surface area contributed by atoms with Crippen LogP contribution in [0.2, 0.25) is 0 Å². The molecule has 1 fully saturated rings. The van der Waals surface area contributed by atoms with Gasteiger partial charge in [0, 0.05) is 30.3 Å². The number of hydrogen-bond donors (Lipinski definition) is 2. The predicted molar refractivity (Wildman–Crippen MR) is 154 cm³/mol. The van der Waals surface area contributed by atoms with Crippen LogP contribution in [-0.2, 0) is 21.5 Å². The molecule has 2 N–H and O–H groups in total. The molecule has 0 atom stereocenters. The molecule has 0 saturated heterocycles. The summed E-state index contributed by atoms with van der Waals surface area (Å²) in [6.07, 6.45) is 6.09. The monoisotopic (exact) mass is 533 g/mol. The standard InChI is InChI=1S/C31H39N3O3S/c1-34(2)31(28-10-7-23-38-28)20-17-25(18-21-31)33-30(36)12-6-11-29(35)32-22-19-24-13-15-27(16-14-24)37-26-8-4-3-5-9-26/h3-5,7-10,13-16,23,25H,6,11-12,17-22H2,1-2H3,(H,32,35)(H,33,36). The Morgan fingerprint density at radius 3 is 2.26 bits per heavy atom. The zero-order chi connectivity index (χ0) is 26.8. The number of nitrogens with one attached hydrogen (secondary N) is 2. The van der Waals surface area contributed by atoms with Crippen molar-refractivity contribution in [2.75, 3.05) is 20.6 Å². The van der Waals surface area contributed by atoms with Gasteiger partial charge < -0.3 is 15.4 Å². The fourth-order valence-electron chi connectivity index (χ4n) is 5.19. The molecular formula is C31H39N3O3S. The highest BCUT2D eigenvalue weighted by molar-refractivity contribution is 7.10.